The van der Waals surface area contributed by atoms with Crippen LogP contribution in [0.25, 0.3) is 81.5 Å². The zero-order chi connectivity index (χ0) is 28.7. The number of benzene rings is 6. The van der Waals surface area contributed by atoms with E-state index in [0.29, 0.717) is 0 Å². The number of aryl methyl sites for hydroxylation is 1. The van der Waals surface area contributed by atoms with E-state index in [2.05, 4.69) is 126 Å². The van der Waals surface area contributed by atoms with E-state index in [4.69, 9.17) is 0 Å². The van der Waals surface area contributed by atoms with E-state index in [0.717, 1.165) is 12.8 Å². The van der Waals surface area contributed by atoms with Crippen LogP contribution in [0.3, 0.4) is 0 Å². The maximum Gasteiger partial charge on any atom is -0.00262 e. The molecule has 0 nitrogen and oxygen atoms in total. The molecule has 0 fully saturated rings. The van der Waals surface area contributed by atoms with E-state index < -0.39 is 0 Å². The molecule has 0 saturated carbocycles. The molecule has 0 heteroatoms. The van der Waals surface area contributed by atoms with Gasteiger partial charge in [0.2, 0.25) is 0 Å². The van der Waals surface area contributed by atoms with Gasteiger partial charge in [-0.25, -0.2) is 0 Å². The van der Waals surface area contributed by atoms with Crippen molar-refractivity contribution in [3.63, 3.8) is 0 Å². The predicted octanol–water partition coefficient (Wildman–Crippen LogP) is 11.2. The molecule has 0 atom stereocenters. The van der Waals surface area contributed by atoms with Crippen LogP contribution in [0.1, 0.15) is 64.7 Å². The van der Waals surface area contributed by atoms with Crippen molar-refractivity contribution in [2.75, 3.05) is 0 Å². The van der Waals surface area contributed by atoms with Crippen LogP contribution in [0, 0.1) is 0 Å². The molecule has 0 radical (unpaired) electrons. The lowest BCUT2D eigenvalue weighted by Crippen LogP contribution is -2.17. The largest absolute Gasteiger partial charge is 0.0757 e. The smallest absolute Gasteiger partial charge is 0.00262 e. The quantitative estimate of drug-likeness (QED) is 0.179. The molecule has 0 aromatic heterocycles. The van der Waals surface area contributed by atoms with Crippen molar-refractivity contribution in [3.8, 4) is 0 Å². The lowest BCUT2D eigenvalue weighted by molar-refractivity contribution is 0.594. The van der Waals surface area contributed by atoms with Gasteiger partial charge in [-0.3, -0.25) is 0 Å². The Hall–Kier alpha value is -4.16. The molecule has 0 saturated heterocycles. The van der Waals surface area contributed by atoms with Crippen molar-refractivity contribution >= 4 is 81.5 Å². The van der Waals surface area contributed by atoms with Crippen molar-refractivity contribution in [2.45, 2.75) is 65.2 Å². The Morgan fingerprint density at radius 2 is 1.02 bits per heavy atom. The van der Waals surface area contributed by atoms with Gasteiger partial charge in [-0.2, -0.15) is 0 Å². The van der Waals surface area contributed by atoms with Crippen LogP contribution in [-0.2, 0) is 17.3 Å². The van der Waals surface area contributed by atoms with E-state index in [1.807, 2.05) is 0 Å². The minimum absolute atomic E-state index is 0.0244. The first-order valence-electron chi connectivity index (χ1n) is 15.6. The summed E-state index contributed by atoms with van der Waals surface area (Å²) in [5.74, 6) is 0. The predicted molar refractivity (Wildman–Crippen MR) is 186 cm³/mol. The number of rotatable bonds is 0. The average molecular weight is 541 g/mol. The van der Waals surface area contributed by atoms with Gasteiger partial charge in [0.25, 0.3) is 0 Å². The Kier molecular flexibility index (Phi) is 4.54. The summed E-state index contributed by atoms with van der Waals surface area (Å²) in [6.45, 7) is 14.5. The normalized spacial score (nSPS) is 14.4. The monoisotopic (exact) mass is 540 g/mol. The molecule has 9 rings (SSSR count). The fourth-order valence-corrected chi connectivity index (χ4v) is 8.74. The maximum atomic E-state index is 2.59. The van der Waals surface area contributed by atoms with E-state index in [1.165, 1.54) is 97.3 Å². The topological polar surface area (TPSA) is 0 Å². The number of hydrogen-bond donors (Lipinski definition) is 0. The standard InChI is InChI=1S/C42H36/c1-41(2,3)39-33-21-30-27-17-11-16-26-25-15-8-7-12-24(25)20-32(36(26)27)31(30)22-34(33)40(42(4,5)6)38-29-19-10-14-23-13-9-18-28(35(23)29)37(38)39/h7-10,12-15,17-22H,11,16H2,1-6H3. The first kappa shape index (κ1) is 24.4. The second-order valence-corrected chi connectivity index (χ2v) is 14.8. The zero-order valence-corrected chi connectivity index (χ0v) is 25.5. The van der Waals surface area contributed by atoms with Gasteiger partial charge >= 0.3 is 0 Å². The molecular formula is C42H36. The van der Waals surface area contributed by atoms with Gasteiger partial charge in [0, 0.05) is 0 Å². The van der Waals surface area contributed by atoms with Crippen molar-refractivity contribution < 1.29 is 0 Å². The summed E-state index contributed by atoms with van der Waals surface area (Å²) >= 11 is 0. The summed E-state index contributed by atoms with van der Waals surface area (Å²) in [4.78, 5) is 0. The molecule has 8 aromatic carbocycles. The highest BCUT2D eigenvalue weighted by Gasteiger charge is 2.31. The Morgan fingerprint density at radius 3 is 1.67 bits per heavy atom. The van der Waals surface area contributed by atoms with Crippen molar-refractivity contribution in [1.29, 1.82) is 0 Å². The number of hydrogen-bond acceptors (Lipinski definition) is 0. The highest BCUT2D eigenvalue weighted by Crippen LogP contribution is 2.51. The van der Waals surface area contributed by atoms with Gasteiger partial charge < -0.3 is 0 Å². The molecule has 0 unspecified atom stereocenters. The molecular weight excluding hydrogens is 504 g/mol. The lowest BCUT2D eigenvalue weighted by atomic mass is 9.74. The molecule has 0 bridgehead atoms. The van der Waals surface area contributed by atoms with Crippen LogP contribution in [0.15, 0.2) is 78.9 Å². The lowest BCUT2D eigenvalue weighted by Gasteiger charge is -2.30. The van der Waals surface area contributed by atoms with Crippen LogP contribution in [0.5, 0.6) is 0 Å². The summed E-state index contributed by atoms with van der Waals surface area (Å²) < 4.78 is 0. The molecule has 0 spiro atoms. The first-order chi connectivity index (χ1) is 20.1. The second-order valence-electron chi connectivity index (χ2n) is 14.8. The van der Waals surface area contributed by atoms with Crippen molar-refractivity contribution in [3.05, 3.63) is 101 Å². The average Bonchev–Trinajstić information content (AvgIpc) is 3.44. The van der Waals surface area contributed by atoms with Gasteiger partial charge in [-0.15, -0.1) is 0 Å². The van der Waals surface area contributed by atoms with Gasteiger partial charge in [-0.1, -0.05) is 108 Å². The molecule has 42 heavy (non-hydrogen) atoms. The molecule has 0 aliphatic heterocycles. The minimum atomic E-state index is -0.0280. The highest BCUT2D eigenvalue weighted by atomic mass is 14.3. The van der Waals surface area contributed by atoms with Crippen LogP contribution in [-0.4, -0.2) is 0 Å². The van der Waals surface area contributed by atoms with Crippen molar-refractivity contribution in [2.24, 2.45) is 0 Å². The second kappa shape index (κ2) is 7.81. The molecule has 204 valence electrons. The zero-order valence-electron chi connectivity index (χ0n) is 25.5. The number of fused-ring (bicyclic) bond motifs is 9. The van der Waals surface area contributed by atoms with E-state index in [1.54, 1.807) is 0 Å². The molecule has 8 aromatic rings. The molecule has 0 amide bonds. The first-order valence-corrected chi connectivity index (χ1v) is 15.6. The third-order valence-electron chi connectivity index (χ3n) is 10.1. The van der Waals surface area contributed by atoms with Gasteiger partial charge in [0.15, 0.2) is 0 Å². The molecule has 1 aliphatic carbocycles. The summed E-state index contributed by atoms with van der Waals surface area (Å²) in [5, 5.41) is 21.4. The summed E-state index contributed by atoms with van der Waals surface area (Å²) in [5.41, 5.74) is 4.46. The summed E-state index contributed by atoms with van der Waals surface area (Å²) in [6.07, 6.45) is 4.74. The molecule has 0 heterocycles. The van der Waals surface area contributed by atoms with Crippen LogP contribution >= 0.6 is 0 Å². The highest BCUT2D eigenvalue weighted by molar-refractivity contribution is 6.35. The third-order valence-corrected chi connectivity index (χ3v) is 10.1. The van der Waals surface area contributed by atoms with Gasteiger partial charge in [-0.05, 0) is 139 Å². The van der Waals surface area contributed by atoms with E-state index in [-0.39, 0.29) is 10.8 Å². The minimum Gasteiger partial charge on any atom is -0.0757 e. The Bertz CT molecular complexity index is 2500. The van der Waals surface area contributed by atoms with Crippen LogP contribution < -0.4 is 5.22 Å². The SMILES string of the molecule is CC(C)(C)c1c2cc3c4c5c(c6ccccc6cc5c3cc2c(C(C)(C)C)c2c3cccc5cccc(c12)c53)CCC=4. The Balaban J connectivity index is 1.62. The fraction of sp³-hybridized carbons (Fsp3) is 0.238. The fourth-order valence-electron chi connectivity index (χ4n) is 8.74. The molecule has 0 N–H and O–H groups in total. The summed E-state index contributed by atoms with van der Waals surface area (Å²) in [6, 6.07) is 30.5. The van der Waals surface area contributed by atoms with Gasteiger partial charge in [0.05, 0.1) is 0 Å². The Labute approximate surface area is 246 Å². The van der Waals surface area contributed by atoms with Crippen LogP contribution in [0.2, 0.25) is 0 Å². The molecule has 1 aliphatic rings. The van der Waals surface area contributed by atoms with Crippen LogP contribution in [0.4, 0.5) is 0 Å². The maximum absolute atomic E-state index is 2.59. The Morgan fingerprint density at radius 1 is 0.452 bits per heavy atom. The van der Waals surface area contributed by atoms with E-state index >= 15 is 0 Å². The van der Waals surface area contributed by atoms with Gasteiger partial charge in [0.1, 0.15) is 0 Å². The summed E-state index contributed by atoms with van der Waals surface area (Å²) in [7, 11) is 0. The van der Waals surface area contributed by atoms with E-state index in [9.17, 15) is 0 Å². The van der Waals surface area contributed by atoms with Crippen molar-refractivity contribution in [1.82, 2.24) is 0 Å². The third kappa shape index (κ3) is 2.98.